The van der Waals surface area contributed by atoms with Crippen molar-refractivity contribution in [2.24, 2.45) is 16.7 Å². The molecule has 1 heterocycles. The number of aliphatic hydroxyl groups excluding tert-OH is 3. The Hall–Kier alpha value is -1.51. The van der Waals surface area contributed by atoms with Gasteiger partial charge < -0.3 is 29.9 Å². The summed E-state index contributed by atoms with van der Waals surface area (Å²) in [4.78, 5) is 12.0. The lowest BCUT2D eigenvalue weighted by Gasteiger charge is -2.50. The van der Waals surface area contributed by atoms with E-state index in [1.807, 2.05) is 6.08 Å². The molecule has 7 heteroatoms. The molecule has 7 atom stereocenters. The Kier molecular flexibility index (Phi) is 6.18. The van der Waals surface area contributed by atoms with E-state index >= 15 is 0 Å². The van der Waals surface area contributed by atoms with Crippen LogP contribution in [0.5, 0.6) is 0 Å². The molecule has 0 aromatic rings. The van der Waals surface area contributed by atoms with Crippen molar-refractivity contribution < 1.29 is 34.7 Å². The Morgan fingerprint density at radius 2 is 1.84 bits per heavy atom. The number of rotatable bonds is 4. The Morgan fingerprint density at radius 3 is 2.50 bits per heavy atom. The molecular formula is C25H36O7. The largest absolute Gasteiger partial charge is 0.478 e. The van der Waals surface area contributed by atoms with Crippen LogP contribution in [0.4, 0.5) is 0 Å². The van der Waals surface area contributed by atoms with Crippen LogP contribution in [-0.4, -0.2) is 63.7 Å². The van der Waals surface area contributed by atoms with Gasteiger partial charge in [-0.2, -0.15) is 0 Å². The van der Waals surface area contributed by atoms with Crippen LogP contribution in [0.1, 0.15) is 59.8 Å². The number of allylic oxidation sites excluding steroid dienone is 4. The maximum Gasteiger partial charge on any atom is 0.331 e. The molecule has 32 heavy (non-hydrogen) atoms. The van der Waals surface area contributed by atoms with E-state index in [1.54, 1.807) is 6.08 Å². The number of aliphatic hydroxyl groups is 3. The lowest BCUT2D eigenvalue weighted by atomic mass is 9.57. The van der Waals surface area contributed by atoms with E-state index < -0.39 is 42.1 Å². The Morgan fingerprint density at radius 1 is 1.12 bits per heavy atom. The van der Waals surface area contributed by atoms with E-state index in [-0.39, 0.29) is 24.0 Å². The molecule has 0 amide bonds. The molecule has 3 aliphatic carbocycles. The zero-order valence-electron chi connectivity index (χ0n) is 19.4. The predicted octanol–water partition coefficient (Wildman–Crippen LogP) is 2.70. The molecule has 1 saturated carbocycles. The van der Waals surface area contributed by atoms with E-state index in [9.17, 15) is 25.2 Å². The highest BCUT2D eigenvalue weighted by Crippen LogP contribution is 2.62. The maximum absolute atomic E-state index is 12.0. The van der Waals surface area contributed by atoms with Crippen molar-refractivity contribution in [2.45, 2.75) is 90.5 Å². The lowest BCUT2D eigenvalue weighted by molar-refractivity contribution is -0.291. The number of carboxylic acid groups (broad SMARTS) is 1. The average Bonchev–Trinajstić information content (AvgIpc) is 3.01. The first-order valence-corrected chi connectivity index (χ1v) is 11.7. The molecule has 0 spiro atoms. The van der Waals surface area contributed by atoms with Gasteiger partial charge in [-0.15, -0.1) is 0 Å². The normalized spacial score (nSPS) is 42.2. The second-order valence-electron chi connectivity index (χ2n) is 10.7. The third kappa shape index (κ3) is 3.78. The van der Waals surface area contributed by atoms with E-state index in [2.05, 4.69) is 27.7 Å². The predicted molar refractivity (Wildman–Crippen MR) is 118 cm³/mol. The van der Waals surface area contributed by atoms with Crippen LogP contribution >= 0.6 is 0 Å². The van der Waals surface area contributed by atoms with Crippen LogP contribution in [0.25, 0.3) is 0 Å². The van der Waals surface area contributed by atoms with Gasteiger partial charge in [-0.25, -0.2) is 4.79 Å². The summed E-state index contributed by atoms with van der Waals surface area (Å²) in [6.07, 6.45) is 2.10. The summed E-state index contributed by atoms with van der Waals surface area (Å²) in [5, 5.41) is 40.1. The van der Waals surface area contributed by atoms with Crippen molar-refractivity contribution in [3.05, 3.63) is 34.4 Å². The van der Waals surface area contributed by atoms with Gasteiger partial charge in [-0.05, 0) is 48.2 Å². The molecule has 4 N–H and O–H groups in total. The van der Waals surface area contributed by atoms with Crippen molar-refractivity contribution in [3.63, 3.8) is 0 Å². The summed E-state index contributed by atoms with van der Waals surface area (Å²) < 4.78 is 11.8. The molecule has 2 fully saturated rings. The average molecular weight is 449 g/mol. The number of ether oxygens (including phenoxy) is 2. The van der Waals surface area contributed by atoms with Gasteiger partial charge in [0.25, 0.3) is 0 Å². The zero-order valence-corrected chi connectivity index (χ0v) is 19.4. The molecule has 178 valence electrons. The van der Waals surface area contributed by atoms with E-state index in [0.29, 0.717) is 5.92 Å². The van der Waals surface area contributed by atoms with Crippen LogP contribution in [0.3, 0.4) is 0 Å². The number of fused-ring (bicyclic) bond motifs is 3. The van der Waals surface area contributed by atoms with Gasteiger partial charge in [-0.3, -0.25) is 0 Å². The summed E-state index contributed by atoms with van der Waals surface area (Å²) in [5.41, 5.74) is 3.74. The van der Waals surface area contributed by atoms with Crippen LogP contribution in [-0.2, 0) is 14.3 Å². The number of carbonyl (C=O) groups is 1. The molecule has 1 saturated heterocycles. The first kappa shape index (κ1) is 23.6. The highest BCUT2D eigenvalue weighted by molar-refractivity contribution is 5.87. The van der Waals surface area contributed by atoms with E-state index in [0.717, 1.165) is 31.3 Å². The van der Waals surface area contributed by atoms with E-state index in [4.69, 9.17) is 9.47 Å². The van der Waals surface area contributed by atoms with Crippen LogP contribution in [0.15, 0.2) is 34.4 Å². The second-order valence-corrected chi connectivity index (χ2v) is 10.7. The summed E-state index contributed by atoms with van der Waals surface area (Å²) in [7, 11) is 0. The highest BCUT2D eigenvalue weighted by atomic mass is 16.7. The van der Waals surface area contributed by atoms with Gasteiger partial charge in [0, 0.05) is 17.4 Å². The third-order valence-corrected chi connectivity index (χ3v) is 8.24. The van der Waals surface area contributed by atoms with Gasteiger partial charge in [0.2, 0.25) is 0 Å². The quantitative estimate of drug-likeness (QED) is 0.522. The summed E-state index contributed by atoms with van der Waals surface area (Å²) in [6.45, 7) is 8.70. The maximum atomic E-state index is 12.0. The first-order valence-electron chi connectivity index (χ1n) is 11.7. The molecular weight excluding hydrogens is 412 g/mol. The SMILES string of the molecule is CC(C)C1=C2C3=CC=C(C(=O)O)CC(OC4OCC(O)C(O)C4O)C3(C)CCC2(C)CC1. The van der Waals surface area contributed by atoms with E-state index in [1.165, 1.54) is 11.1 Å². The lowest BCUT2D eigenvalue weighted by Crippen LogP contribution is -2.56. The molecule has 1 aliphatic heterocycles. The molecule has 0 bridgehead atoms. The Bertz CT molecular complexity index is 872. The Labute approximate surface area is 189 Å². The van der Waals surface area contributed by atoms with Gasteiger partial charge in [0.15, 0.2) is 6.29 Å². The third-order valence-electron chi connectivity index (χ3n) is 8.24. The fourth-order valence-corrected chi connectivity index (χ4v) is 6.03. The summed E-state index contributed by atoms with van der Waals surface area (Å²) in [6, 6.07) is 0. The molecule has 0 aromatic heterocycles. The van der Waals surface area contributed by atoms with Gasteiger partial charge in [0.1, 0.15) is 18.3 Å². The van der Waals surface area contributed by atoms with Crippen molar-refractivity contribution >= 4 is 5.97 Å². The van der Waals surface area contributed by atoms with Crippen LogP contribution < -0.4 is 0 Å². The second kappa shape index (κ2) is 8.37. The van der Waals surface area contributed by atoms with Gasteiger partial charge in [-0.1, -0.05) is 45.4 Å². The highest BCUT2D eigenvalue weighted by Gasteiger charge is 2.53. The van der Waals surface area contributed by atoms with Crippen molar-refractivity contribution in [2.75, 3.05) is 6.61 Å². The van der Waals surface area contributed by atoms with Gasteiger partial charge in [0.05, 0.1) is 12.7 Å². The monoisotopic (exact) mass is 448 g/mol. The van der Waals surface area contributed by atoms with Crippen LogP contribution in [0, 0.1) is 16.7 Å². The topological polar surface area (TPSA) is 116 Å². The molecule has 0 radical (unpaired) electrons. The number of aliphatic carboxylic acids is 1. The smallest absolute Gasteiger partial charge is 0.331 e. The number of hydrogen-bond acceptors (Lipinski definition) is 6. The minimum absolute atomic E-state index is 0.0677. The van der Waals surface area contributed by atoms with Gasteiger partial charge >= 0.3 is 5.97 Å². The summed E-state index contributed by atoms with van der Waals surface area (Å²) in [5.74, 6) is -0.591. The van der Waals surface area contributed by atoms with Crippen molar-refractivity contribution in [3.8, 4) is 0 Å². The van der Waals surface area contributed by atoms with Crippen molar-refractivity contribution in [1.82, 2.24) is 0 Å². The van der Waals surface area contributed by atoms with Crippen molar-refractivity contribution in [1.29, 1.82) is 0 Å². The summed E-state index contributed by atoms with van der Waals surface area (Å²) >= 11 is 0. The molecule has 7 unspecified atom stereocenters. The minimum atomic E-state index is -1.42. The number of carboxylic acids is 1. The molecule has 4 rings (SSSR count). The Balaban J connectivity index is 1.76. The molecule has 0 aromatic carbocycles. The standard InChI is InChI=1S/C25H36O7/c1-13(2)15-7-8-24(3)9-10-25(4)16(19(15)24)6-5-14(22(29)30)11-18(25)32-23-21(28)20(27)17(26)12-31-23/h5-6,13,17-18,20-21,23,26-28H,7-12H2,1-4H3,(H,29,30). The fourth-order valence-electron chi connectivity index (χ4n) is 6.03. The minimum Gasteiger partial charge on any atom is -0.478 e. The van der Waals surface area contributed by atoms with Crippen LogP contribution in [0.2, 0.25) is 0 Å². The zero-order chi connectivity index (χ0) is 23.4. The molecule has 4 aliphatic rings. The number of hydrogen-bond donors (Lipinski definition) is 4. The fraction of sp³-hybridized carbons (Fsp3) is 0.720. The first-order chi connectivity index (χ1) is 15.0. The molecule has 7 nitrogen and oxygen atoms in total.